The second-order valence-electron chi connectivity index (χ2n) is 7.93. The molecule has 1 fully saturated rings. The summed E-state index contributed by atoms with van der Waals surface area (Å²) in [4.78, 5) is 20.0. The number of amides is 1. The summed E-state index contributed by atoms with van der Waals surface area (Å²) in [5.74, 6) is 1.63. The zero-order valence-electron chi connectivity index (χ0n) is 20.7. The molecule has 9 heteroatoms. The van der Waals surface area contributed by atoms with Crippen LogP contribution in [0.2, 0.25) is 5.02 Å². The number of carbonyl (C=O) groups is 1. The number of nitrogens with zero attached hydrogens (tertiary/aromatic N) is 2. The third-order valence-corrected chi connectivity index (χ3v) is 7.24. The van der Waals surface area contributed by atoms with Gasteiger partial charge in [-0.3, -0.25) is 9.69 Å². The van der Waals surface area contributed by atoms with Gasteiger partial charge in [0.1, 0.15) is 12.4 Å². The first-order valence-electron chi connectivity index (χ1n) is 11.7. The minimum atomic E-state index is -0.107. The molecule has 0 aromatic heterocycles. The van der Waals surface area contributed by atoms with Crippen LogP contribution in [-0.2, 0) is 11.4 Å². The van der Waals surface area contributed by atoms with Crippen LogP contribution in [0.5, 0.6) is 17.2 Å². The Morgan fingerprint density at radius 2 is 1.78 bits per heavy atom. The van der Waals surface area contributed by atoms with Gasteiger partial charge in [-0.25, -0.2) is 4.99 Å². The number of methoxy groups -OCH3 is 1. The molecule has 0 spiro atoms. The van der Waals surface area contributed by atoms with Gasteiger partial charge in [0.25, 0.3) is 5.91 Å². The molecule has 3 aromatic rings. The van der Waals surface area contributed by atoms with Crippen LogP contribution in [0.25, 0.3) is 6.08 Å². The fourth-order valence-electron chi connectivity index (χ4n) is 3.60. The Morgan fingerprint density at radius 1 is 1.05 bits per heavy atom. The number of ether oxygens (including phenoxy) is 3. The summed E-state index contributed by atoms with van der Waals surface area (Å²) < 4.78 is 18.1. The lowest BCUT2D eigenvalue weighted by molar-refractivity contribution is -0.122. The first-order chi connectivity index (χ1) is 17.9. The first-order valence-corrected chi connectivity index (χ1v) is 13.7. The fourth-order valence-corrected chi connectivity index (χ4v) is 5.20. The van der Waals surface area contributed by atoms with Gasteiger partial charge < -0.3 is 14.2 Å². The average molecular weight is 602 g/mol. The maximum Gasteiger partial charge on any atom is 0.266 e. The Hall–Kier alpha value is -2.94. The van der Waals surface area contributed by atoms with Crippen molar-refractivity contribution < 1.29 is 19.0 Å². The van der Waals surface area contributed by atoms with Crippen molar-refractivity contribution in [1.82, 2.24) is 4.90 Å². The molecular weight excluding hydrogens is 576 g/mol. The molecule has 0 N–H and O–H groups in total. The molecule has 37 heavy (non-hydrogen) atoms. The Bertz CT molecular complexity index is 1330. The van der Waals surface area contributed by atoms with E-state index in [9.17, 15) is 4.79 Å². The molecule has 1 amide bonds. The summed E-state index contributed by atoms with van der Waals surface area (Å²) in [6, 6.07) is 18.9. The van der Waals surface area contributed by atoms with E-state index in [1.54, 1.807) is 24.2 Å². The zero-order valence-corrected chi connectivity index (χ0v) is 23.8. The number of carbonyl (C=O) groups excluding carboxylic acids is 1. The number of halogens is 2. The topological polar surface area (TPSA) is 60.4 Å². The van der Waals surface area contributed by atoms with Gasteiger partial charge >= 0.3 is 0 Å². The Morgan fingerprint density at radius 3 is 2.43 bits per heavy atom. The van der Waals surface area contributed by atoms with Crippen molar-refractivity contribution in [3.8, 4) is 17.2 Å². The van der Waals surface area contributed by atoms with E-state index in [4.69, 9.17) is 25.8 Å². The fraction of sp³-hybridized carbons (Fsp3) is 0.214. The standard InChI is InChI=1S/C28H26BrClN2O4S/c1-4-32-27(33)25(37-28(32)31-21-10-12-22(34-3)13-11-21)16-19-14-23(30)26(24(15-19)35-5-2)36-17-18-6-8-20(29)9-7-18/h6-16H,4-5,17H2,1-3H3/b25-16+,31-28?. The molecule has 6 nitrogen and oxygen atoms in total. The number of benzene rings is 3. The van der Waals surface area contributed by atoms with E-state index >= 15 is 0 Å². The van der Waals surface area contributed by atoms with Crippen LogP contribution in [0.15, 0.2) is 75.0 Å². The monoisotopic (exact) mass is 600 g/mol. The molecule has 0 atom stereocenters. The van der Waals surface area contributed by atoms with Gasteiger partial charge in [0.15, 0.2) is 16.7 Å². The van der Waals surface area contributed by atoms with E-state index in [0.717, 1.165) is 27.0 Å². The van der Waals surface area contributed by atoms with E-state index in [1.807, 2.05) is 68.4 Å². The third kappa shape index (κ3) is 6.69. The number of thioether (sulfide) groups is 1. The summed E-state index contributed by atoms with van der Waals surface area (Å²) in [7, 11) is 1.62. The lowest BCUT2D eigenvalue weighted by Crippen LogP contribution is -2.28. The summed E-state index contributed by atoms with van der Waals surface area (Å²) in [6.07, 6.45) is 1.80. The highest BCUT2D eigenvalue weighted by atomic mass is 79.9. The Kier molecular flexibility index (Phi) is 9.18. The molecule has 0 unspecified atom stereocenters. The van der Waals surface area contributed by atoms with E-state index in [2.05, 4.69) is 20.9 Å². The minimum absolute atomic E-state index is 0.107. The number of aliphatic imine (C=N–C) groups is 1. The number of likely N-dealkylation sites (N-methyl/N-ethyl adjacent to an activating group) is 1. The minimum Gasteiger partial charge on any atom is -0.497 e. The zero-order chi connectivity index (χ0) is 26.4. The number of hydrogen-bond donors (Lipinski definition) is 0. The summed E-state index contributed by atoms with van der Waals surface area (Å²) in [5, 5.41) is 1.03. The summed E-state index contributed by atoms with van der Waals surface area (Å²) in [5.41, 5.74) is 2.48. The quantitative estimate of drug-likeness (QED) is 0.235. The largest absolute Gasteiger partial charge is 0.497 e. The normalized spacial score (nSPS) is 15.5. The van der Waals surface area contributed by atoms with Crippen LogP contribution in [0.3, 0.4) is 0 Å². The van der Waals surface area contributed by atoms with Crippen LogP contribution in [-0.4, -0.2) is 36.2 Å². The van der Waals surface area contributed by atoms with Crippen LogP contribution < -0.4 is 14.2 Å². The van der Waals surface area contributed by atoms with Crippen LogP contribution in [0, 0.1) is 0 Å². The summed E-state index contributed by atoms with van der Waals surface area (Å²) >= 11 is 11.4. The summed E-state index contributed by atoms with van der Waals surface area (Å²) in [6.45, 7) is 5.12. The van der Waals surface area contributed by atoms with Crippen molar-refractivity contribution in [2.24, 2.45) is 4.99 Å². The molecule has 0 aliphatic carbocycles. The molecule has 0 radical (unpaired) electrons. The van der Waals surface area contributed by atoms with E-state index in [1.165, 1.54) is 11.8 Å². The third-order valence-electron chi connectivity index (χ3n) is 5.43. The van der Waals surface area contributed by atoms with E-state index < -0.39 is 0 Å². The van der Waals surface area contributed by atoms with Gasteiger partial charge in [-0.05, 0) is 91.3 Å². The predicted molar refractivity (Wildman–Crippen MR) is 154 cm³/mol. The number of amidine groups is 1. The van der Waals surface area contributed by atoms with Crippen molar-refractivity contribution in [1.29, 1.82) is 0 Å². The highest BCUT2D eigenvalue weighted by molar-refractivity contribution is 9.10. The SMILES string of the molecule is CCOc1cc(/C=C2/SC(=Nc3ccc(OC)cc3)N(CC)C2=O)cc(Cl)c1OCc1ccc(Br)cc1. The average Bonchev–Trinajstić information content (AvgIpc) is 3.18. The number of hydrogen-bond acceptors (Lipinski definition) is 6. The molecule has 1 aliphatic heterocycles. The molecular formula is C28H26BrClN2O4S. The van der Waals surface area contributed by atoms with Gasteiger partial charge in [0, 0.05) is 11.0 Å². The molecule has 3 aromatic carbocycles. The Labute approximate surface area is 234 Å². The molecule has 1 saturated heterocycles. The van der Waals surface area contributed by atoms with E-state index in [0.29, 0.717) is 46.4 Å². The van der Waals surface area contributed by atoms with Crippen molar-refractivity contribution in [3.05, 3.63) is 86.2 Å². The van der Waals surface area contributed by atoms with Gasteiger partial charge in [-0.1, -0.05) is 39.7 Å². The molecule has 0 saturated carbocycles. The molecule has 1 heterocycles. The molecule has 4 rings (SSSR count). The molecule has 192 valence electrons. The smallest absolute Gasteiger partial charge is 0.266 e. The van der Waals surface area contributed by atoms with Gasteiger partial charge in [0.05, 0.1) is 29.3 Å². The maximum absolute atomic E-state index is 13.1. The van der Waals surface area contributed by atoms with E-state index in [-0.39, 0.29) is 5.91 Å². The predicted octanol–water partition coefficient (Wildman–Crippen LogP) is 7.71. The highest BCUT2D eigenvalue weighted by Crippen LogP contribution is 2.40. The van der Waals surface area contributed by atoms with Gasteiger partial charge in [0.2, 0.25) is 0 Å². The van der Waals surface area contributed by atoms with Crippen molar-refractivity contribution in [2.45, 2.75) is 20.5 Å². The molecule has 1 aliphatic rings. The number of rotatable bonds is 9. The second-order valence-corrected chi connectivity index (χ2v) is 10.3. The van der Waals surface area contributed by atoms with Gasteiger partial charge in [-0.15, -0.1) is 0 Å². The highest BCUT2D eigenvalue weighted by Gasteiger charge is 2.32. The lowest BCUT2D eigenvalue weighted by atomic mass is 10.1. The second kappa shape index (κ2) is 12.5. The molecule has 0 bridgehead atoms. The van der Waals surface area contributed by atoms with Crippen LogP contribution >= 0.6 is 39.3 Å². The van der Waals surface area contributed by atoms with Crippen molar-refractivity contribution in [2.75, 3.05) is 20.3 Å². The lowest BCUT2D eigenvalue weighted by Gasteiger charge is -2.15. The Balaban J connectivity index is 1.59. The maximum atomic E-state index is 13.1. The van der Waals surface area contributed by atoms with Crippen LogP contribution in [0.1, 0.15) is 25.0 Å². The van der Waals surface area contributed by atoms with Crippen LogP contribution in [0.4, 0.5) is 5.69 Å². The van der Waals surface area contributed by atoms with Crippen molar-refractivity contribution in [3.63, 3.8) is 0 Å². The van der Waals surface area contributed by atoms with Gasteiger partial charge in [-0.2, -0.15) is 0 Å². The van der Waals surface area contributed by atoms with Crippen molar-refractivity contribution >= 4 is 62.1 Å². The first kappa shape index (κ1) is 27.1.